The number of aromatic nitrogens is 2. The van der Waals surface area contributed by atoms with E-state index in [1.54, 1.807) is 27.6 Å². The van der Waals surface area contributed by atoms with Crippen molar-refractivity contribution in [1.29, 1.82) is 5.26 Å². The molecule has 2 aromatic rings. The van der Waals surface area contributed by atoms with Gasteiger partial charge in [-0.15, -0.1) is 0 Å². The number of methoxy groups -OCH3 is 1. The number of nitrogens with zero attached hydrogens (tertiary/aromatic N) is 5. The van der Waals surface area contributed by atoms with Crippen molar-refractivity contribution >= 4 is 35.5 Å². The van der Waals surface area contributed by atoms with Crippen molar-refractivity contribution in [3.63, 3.8) is 0 Å². The molecule has 0 radical (unpaired) electrons. The van der Waals surface area contributed by atoms with E-state index < -0.39 is 0 Å². The van der Waals surface area contributed by atoms with Crippen LogP contribution >= 0.6 is 11.8 Å². The van der Waals surface area contributed by atoms with Crippen molar-refractivity contribution in [2.24, 2.45) is 0 Å². The Morgan fingerprint density at radius 1 is 1.27 bits per heavy atom. The summed E-state index contributed by atoms with van der Waals surface area (Å²) in [5, 5.41) is 12.3. The molecule has 37 heavy (non-hydrogen) atoms. The van der Waals surface area contributed by atoms with Gasteiger partial charge in [0, 0.05) is 24.8 Å². The molecule has 2 aromatic heterocycles. The zero-order valence-electron chi connectivity index (χ0n) is 21.3. The SMILES string of the molecule is COc1nc2c(cc1CN1CCCCOC1=O)CCCN2C(=O)Nc1cc(CCCSC)c(C#N)cn1. The molecule has 3 amide bonds. The van der Waals surface area contributed by atoms with Crippen LogP contribution in [0.5, 0.6) is 5.88 Å². The van der Waals surface area contributed by atoms with E-state index in [1.165, 1.54) is 13.3 Å². The molecule has 0 atom stereocenters. The normalized spacial score (nSPS) is 15.3. The molecule has 0 aromatic carbocycles. The quantitative estimate of drug-likeness (QED) is 0.506. The number of hydrogen-bond acceptors (Lipinski definition) is 8. The number of cyclic esters (lactones) is 1. The third-order valence-electron chi connectivity index (χ3n) is 6.45. The van der Waals surface area contributed by atoms with E-state index in [4.69, 9.17) is 9.47 Å². The molecule has 1 N–H and O–H groups in total. The summed E-state index contributed by atoms with van der Waals surface area (Å²) in [6, 6.07) is 5.59. The maximum atomic E-state index is 13.3. The standard InChI is InChI=1S/C26H32N6O4S/c1-35-24-20(17-31-9-3-4-11-36-26(31)34)13-19-7-5-10-32(23(19)30-24)25(33)29-22-14-18(8-6-12-37-2)21(15-27)16-28-22/h13-14,16H,3-12,17H2,1-2H3,(H,28,29,33). The van der Waals surface area contributed by atoms with Gasteiger partial charge in [-0.05, 0) is 73.8 Å². The zero-order valence-corrected chi connectivity index (χ0v) is 22.1. The molecule has 11 heteroatoms. The minimum Gasteiger partial charge on any atom is -0.481 e. The van der Waals surface area contributed by atoms with Crippen molar-refractivity contribution in [1.82, 2.24) is 14.9 Å². The molecule has 0 unspecified atom stereocenters. The van der Waals surface area contributed by atoms with Crippen LogP contribution in [0.3, 0.4) is 0 Å². The van der Waals surface area contributed by atoms with Crippen LogP contribution in [0, 0.1) is 11.3 Å². The average Bonchev–Trinajstić information content (AvgIpc) is 3.11. The van der Waals surface area contributed by atoms with E-state index in [-0.39, 0.29) is 12.1 Å². The number of aryl methyl sites for hydroxylation is 2. The summed E-state index contributed by atoms with van der Waals surface area (Å²) < 4.78 is 10.8. The number of hydrogen-bond donors (Lipinski definition) is 1. The van der Waals surface area contributed by atoms with Crippen LogP contribution in [0.4, 0.5) is 21.2 Å². The smallest absolute Gasteiger partial charge is 0.410 e. The minimum atomic E-state index is -0.341. The molecule has 0 aliphatic carbocycles. The van der Waals surface area contributed by atoms with Crippen LogP contribution in [-0.4, -0.2) is 65.8 Å². The fourth-order valence-electron chi connectivity index (χ4n) is 4.57. The number of urea groups is 1. The summed E-state index contributed by atoms with van der Waals surface area (Å²) >= 11 is 1.76. The number of ether oxygens (including phenoxy) is 2. The van der Waals surface area contributed by atoms with Gasteiger partial charge < -0.3 is 14.4 Å². The lowest BCUT2D eigenvalue weighted by Gasteiger charge is -2.30. The molecule has 10 nitrogen and oxygen atoms in total. The predicted molar refractivity (Wildman–Crippen MR) is 142 cm³/mol. The van der Waals surface area contributed by atoms with Crippen LogP contribution in [0.15, 0.2) is 18.3 Å². The average molecular weight is 525 g/mol. The van der Waals surface area contributed by atoms with Crippen LogP contribution < -0.4 is 15.0 Å². The maximum absolute atomic E-state index is 13.3. The number of pyridine rings is 2. The molecular formula is C26H32N6O4S. The Bertz CT molecular complexity index is 1180. The Hall–Kier alpha value is -3.52. The zero-order chi connectivity index (χ0) is 26.2. The molecule has 4 rings (SSSR count). The van der Waals surface area contributed by atoms with E-state index in [2.05, 4.69) is 27.6 Å². The highest BCUT2D eigenvalue weighted by Crippen LogP contribution is 2.32. The van der Waals surface area contributed by atoms with Crippen molar-refractivity contribution in [2.45, 2.75) is 45.1 Å². The second-order valence-electron chi connectivity index (χ2n) is 9.00. The van der Waals surface area contributed by atoms with Crippen LogP contribution in [0.25, 0.3) is 0 Å². The Morgan fingerprint density at radius 2 is 2.14 bits per heavy atom. The molecule has 0 bridgehead atoms. The van der Waals surface area contributed by atoms with Crippen LogP contribution in [-0.2, 0) is 24.1 Å². The minimum absolute atomic E-state index is 0.332. The Kier molecular flexibility index (Phi) is 9.06. The number of nitrogens with one attached hydrogen (secondary N) is 1. The summed E-state index contributed by atoms with van der Waals surface area (Å²) in [6.07, 6.45) is 8.18. The van der Waals surface area contributed by atoms with Crippen LogP contribution in [0.1, 0.15) is 47.9 Å². The molecule has 2 aliphatic heterocycles. The first-order valence-corrected chi connectivity index (χ1v) is 13.9. The lowest BCUT2D eigenvalue weighted by Crippen LogP contribution is -2.40. The van der Waals surface area contributed by atoms with E-state index in [1.807, 2.05) is 6.07 Å². The van der Waals surface area contributed by atoms with Gasteiger partial charge in [-0.2, -0.15) is 22.0 Å². The highest BCUT2D eigenvalue weighted by atomic mass is 32.2. The number of nitriles is 1. The predicted octanol–water partition coefficient (Wildman–Crippen LogP) is 4.37. The van der Waals surface area contributed by atoms with Gasteiger partial charge in [-0.1, -0.05) is 0 Å². The largest absolute Gasteiger partial charge is 0.481 e. The highest BCUT2D eigenvalue weighted by Gasteiger charge is 2.28. The third-order valence-corrected chi connectivity index (χ3v) is 7.14. The number of rotatable bonds is 8. The topological polar surface area (TPSA) is 121 Å². The second-order valence-corrected chi connectivity index (χ2v) is 9.99. The van der Waals surface area contributed by atoms with E-state index >= 15 is 0 Å². The van der Waals surface area contributed by atoms with Gasteiger partial charge in [0.15, 0.2) is 0 Å². The summed E-state index contributed by atoms with van der Waals surface area (Å²) in [5.74, 6) is 2.31. The summed E-state index contributed by atoms with van der Waals surface area (Å²) in [4.78, 5) is 37.8. The molecule has 0 spiro atoms. The molecule has 4 heterocycles. The van der Waals surface area contributed by atoms with Gasteiger partial charge in [0.2, 0.25) is 5.88 Å². The number of thioether (sulfide) groups is 1. The molecule has 2 aliphatic rings. The highest BCUT2D eigenvalue weighted by molar-refractivity contribution is 7.98. The molecule has 196 valence electrons. The van der Waals surface area contributed by atoms with Gasteiger partial charge in [-0.3, -0.25) is 10.2 Å². The number of amides is 3. The number of fused-ring (bicyclic) bond motifs is 1. The van der Waals surface area contributed by atoms with Crippen molar-refractivity contribution in [2.75, 3.05) is 49.0 Å². The van der Waals surface area contributed by atoms with Crippen molar-refractivity contribution in [3.05, 3.63) is 40.6 Å². The van der Waals surface area contributed by atoms with Gasteiger partial charge in [-0.25, -0.2) is 14.6 Å². The summed E-state index contributed by atoms with van der Waals surface area (Å²) in [6.45, 7) is 1.89. The first-order valence-electron chi connectivity index (χ1n) is 12.5. The number of carbonyl (C=O) groups excluding carboxylic acids is 2. The molecular weight excluding hydrogens is 492 g/mol. The molecule has 1 saturated heterocycles. The summed E-state index contributed by atoms with van der Waals surface area (Å²) in [5.41, 5.74) is 3.10. The van der Waals surface area contributed by atoms with E-state index in [0.717, 1.165) is 61.0 Å². The van der Waals surface area contributed by atoms with Crippen LogP contribution in [0.2, 0.25) is 0 Å². The Labute approximate surface area is 221 Å². The lowest BCUT2D eigenvalue weighted by atomic mass is 10.0. The van der Waals surface area contributed by atoms with Gasteiger partial charge >= 0.3 is 12.1 Å². The summed E-state index contributed by atoms with van der Waals surface area (Å²) in [7, 11) is 1.53. The second kappa shape index (κ2) is 12.6. The first kappa shape index (κ1) is 26.5. The third kappa shape index (κ3) is 6.43. The van der Waals surface area contributed by atoms with Gasteiger partial charge in [0.25, 0.3) is 0 Å². The van der Waals surface area contributed by atoms with Crippen molar-refractivity contribution < 1.29 is 19.1 Å². The Morgan fingerprint density at radius 3 is 2.92 bits per heavy atom. The monoisotopic (exact) mass is 524 g/mol. The van der Waals surface area contributed by atoms with Gasteiger partial charge in [0.05, 0.1) is 25.8 Å². The molecule has 1 fully saturated rings. The maximum Gasteiger partial charge on any atom is 0.410 e. The van der Waals surface area contributed by atoms with Gasteiger partial charge in [0.1, 0.15) is 17.7 Å². The first-order chi connectivity index (χ1) is 18.0. The number of carbonyl (C=O) groups is 2. The van der Waals surface area contributed by atoms with Crippen molar-refractivity contribution in [3.8, 4) is 11.9 Å². The fraction of sp³-hybridized carbons (Fsp3) is 0.500. The molecule has 0 saturated carbocycles. The van der Waals surface area contributed by atoms with E-state index in [0.29, 0.717) is 49.3 Å². The fourth-order valence-corrected chi connectivity index (χ4v) is 5.00. The lowest BCUT2D eigenvalue weighted by molar-refractivity contribution is 0.113. The Balaban J connectivity index is 1.53. The van der Waals surface area contributed by atoms with E-state index in [9.17, 15) is 14.9 Å². The number of anilines is 2.